The Morgan fingerprint density at radius 2 is 1.75 bits per heavy atom. The predicted octanol–water partition coefficient (Wildman–Crippen LogP) is 2.70. The van der Waals surface area contributed by atoms with Crippen LogP contribution in [0.4, 0.5) is 5.69 Å². The van der Waals surface area contributed by atoms with Crippen LogP contribution < -0.4 is 10.9 Å². The molecule has 0 spiro atoms. The number of amides is 2. The van der Waals surface area contributed by atoms with Crippen LogP contribution in [0, 0.1) is 17.0 Å². The van der Waals surface area contributed by atoms with Gasteiger partial charge in [-0.15, -0.1) is 11.8 Å². The standard InChI is InChI=1S/C16H15N3O4S/c1-10-5-3-4-6-12(10)16(21)18-17-15(20)11-7-8-14(24-2)13(9-11)19(22)23/h3-9H,1-2H3,(H,17,20)(H,18,21). The van der Waals surface area contributed by atoms with Gasteiger partial charge in [0.15, 0.2) is 0 Å². The van der Waals surface area contributed by atoms with Crippen LogP contribution in [0.5, 0.6) is 0 Å². The van der Waals surface area contributed by atoms with E-state index in [-0.39, 0.29) is 11.3 Å². The van der Waals surface area contributed by atoms with Crippen LogP contribution in [0.3, 0.4) is 0 Å². The number of rotatable bonds is 4. The first-order chi connectivity index (χ1) is 11.4. The van der Waals surface area contributed by atoms with Crippen LogP contribution in [0.1, 0.15) is 26.3 Å². The molecule has 0 aliphatic rings. The summed E-state index contributed by atoms with van der Waals surface area (Å²) >= 11 is 1.22. The molecule has 0 saturated heterocycles. The van der Waals surface area contributed by atoms with Crippen molar-refractivity contribution in [1.82, 2.24) is 10.9 Å². The molecular formula is C16H15N3O4S. The number of hydrogen-bond acceptors (Lipinski definition) is 5. The van der Waals surface area contributed by atoms with Gasteiger partial charge in [-0.1, -0.05) is 18.2 Å². The third-order valence-corrected chi connectivity index (χ3v) is 4.10. The van der Waals surface area contributed by atoms with E-state index in [1.165, 1.54) is 30.0 Å². The first-order valence-electron chi connectivity index (χ1n) is 6.92. The van der Waals surface area contributed by atoms with Crippen molar-refractivity contribution in [2.75, 3.05) is 6.26 Å². The topological polar surface area (TPSA) is 101 Å². The van der Waals surface area contributed by atoms with E-state index in [1.807, 2.05) is 0 Å². The number of benzene rings is 2. The van der Waals surface area contributed by atoms with Gasteiger partial charge in [0.2, 0.25) is 0 Å². The van der Waals surface area contributed by atoms with Crippen molar-refractivity contribution in [2.45, 2.75) is 11.8 Å². The van der Waals surface area contributed by atoms with Crippen LogP contribution in [-0.4, -0.2) is 23.0 Å². The summed E-state index contributed by atoms with van der Waals surface area (Å²) in [7, 11) is 0. The van der Waals surface area contributed by atoms with Crippen LogP contribution in [0.15, 0.2) is 47.4 Å². The molecule has 2 aromatic rings. The Kier molecular flexibility index (Phi) is 5.54. The van der Waals surface area contributed by atoms with E-state index in [2.05, 4.69) is 10.9 Å². The van der Waals surface area contributed by atoms with Gasteiger partial charge in [0.25, 0.3) is 17.5 Å². The Bertz CT molecular complexity index is 808. The van der Waals surface area contributed by atoms with Gasteiger partial charge in [0.1, 0.15) is 0 Å². The Labute approximate surface area is 142 Å². The zero-order chi connectivity index (χ0) is 17.7. The second kappa shape index (κ2) is 7.60. The smallest absolute Gasteiger partial charge is 0.267 e. The number of nitrogens with one attached hydrogen (secondary N) is 2. The molecule has 24 heavy (non-hydrogen) atoms. The molecule has 8 heteroatoms. The summed E-state index contributed by atoms with van der Waals surface area (Å²) < 4.78 is 0. The van der Waals surface area contributed by atoms with Crippen molar-refractivity contribution in [3.63, 3.8) is 0 Å². The number of nitro benzene ring substituents is 1. The maximum Gasteiger partial charge on any atom is 0.283 e. The lowest BCUT2D eigenvalue weighted by atomic mass is 10.1. The Balaban J connectivity index is 2.10. The van der Waals surface area contributed by atoms with Crippen molar-refractivity contribution in [2.24, 2.45) is 0 Å². The molecule has 0 atom stereocenters. The molecule has 0 unspecified atom stereocenters. The molecule has 0 saturated carbocycles. The molecule has 2 aromatic carbocycles. The zero-order valence-electron chi connectivity index (χ0n) is 13.0. The largest absolute Gasteiger partial charge is 0.283 e. The number of aryl methyl sites for hydroxylation is 1. The molecule has 124 valence electrons. The molecule has 0 aliphatic carbocycles. The molecule has 2 N–H and O–H groups in total. The molecule has 0 aromatic heterocycles. The SMILES string of the molecule is CSc1ccc(C(=O)NNC(=O)c2ccccc2C)cc1[N+](=O)[O-]. The fourth-order valence-electron chi connectivity index (χ4n) is 2.05. The van der Waals surface area contributed by atoms with E-state index < -0.39 is 16.7 Å². The maximum absolute atomic E-state index is 12.1. The van der Waals surface area contributed by atoms with Gasteiger partial charge in [0, 0.05) is 17.2 Å². The molecule has 2 amide bonds. The predicted molar refractivity (Wildman–Crippen MR) is 91.0 cm³/mol. The third-order valence-electron chi connectivity index (χ3n) is 3.32. The molecule has 2 rings (SSSR count). The minimum absolute atomic E-state index is 0.0876. The number of hydrogen-bond donors (Lipinski definition) is 2. The number of hydrazine groups is 1. The Hall–Kier alpha value is -2.87. The highest BCUT2D eigenvalue weighted by Gasteiger charge is 2.17. The average molecular weight is 345 g/mol. The first kappa shape index (κ1) is 17.5. The summed E-state index contributed by atoms with van der Waals surface area (Å²) in [6.45, 7) is 1.78. The van der Waals surface area contributed by atoms with Crippen LogP contribution >= 0.6 is 11.8 Å². The van der Waals surface area contributed by atoms with Gasteiger partial charge < -0.3 is 0 Å². The number of nitro groups is 1. The fraction of sp³-hybridized carbons (Fsp3) is 0.125. The van der Waals surface area contributed by atoms with E-state index in [0.29, 0.717) is 10.5 Å². The quantitative estimate of drug-likeness (QED) is 0.504. The Morgan fingerprint density at radius 1 is 1.08 bits per heavy atom. The van der Waals surface area contributed by atoms with Crippen molar-refractivity contribution in [1.29, 1.82) is 0 Å². The second-order valence-electron chi connectivity index (χ2n) is 4.87. The van der Waals surface area contributed by atoms with E-state index >= 15 is 0 Å². The summed E-state index contributed by atoms with van der Waals surface area (Å²) in [5.41, 5.74) is 5.70. The van der Waals surface area contributed by atoms with Gasteiger partial charge >= 0.3 is 0 Å². The van der Waals surface area contributed by atoms with Crippen molar-refractivity contribution in [3.8, 4) is 0 Å². The summed E-state index contributed by atoms with van der Waals surface area (Å²) in [6.07, 6.45) is 1.71. The average Bonchev–Trinajstić information content (AvgIpc) is 2.59. The lowest BCUT2D eigenvalue weighted by molar-refractivity contribution is -0.387. The molecule has 0 aliphatic heterocycles. The summed E-state index contributed by atoms with van der Waals surface area (Å²) in [4.78, 5) is 35.1. The van der Waals surface area contributed by atoms with Crippen LogP contribution in [0.25, 0.3) is 0 Å². The van der Waals surface area contributed by atoms with Crippen molar-refractivity contribution >= 4 is 29.3 Å². The molecular weight excluding hydrogens is 330 g/mol. The maximum atomic E-state index is 12.1. The monoisotopic (exact) mass is 345 g/mol. The normalized spacial score (nSPS) is 10.1. The van der Waals surface area contributed by atoms with Gasteiger partial charge in [-0.05, 0) is 36.9 Å². The summed E-state index contributed by atoms with van der Waals surface area (Å²) in [5, 5.41) is 11.0. The van der Waals surface area contributed by atoms with Crippen molar-refractivity contribution in [3.05, 3.63) is 69.3 Å². The van der Waals surface area contributed by atoms with E-state index in [1.54, 1.807) is 37.4 Å². The summed E-state index contributed by atoms with van der Waals surface area (Å²) in [5.74, 6) is -1.09. The van der Waals surface area contributed by atoms with Crippen LogP contribution in [-0.2, 0) is 0 Å². The highest BCUT2D eigenvalue weighted by Crippen LogP contribution is 2.28. The molecule has 7 nitrogen and oxygen atoms in total. The fourth-order valence-corrected chi connectivity index (χ4v) is 2.60. The molecule has 0 heterocycles. The molecule has 0 fully saturated rings. The highest BCUT2D eigenvalue weighted by molar-refractivity contribution is 7.98. The first-order valence-corrected chi connectivity index (χ1v) is 8.15. The lowest BCUT2D eigenvalue weighted by Gasteiger charge is -2.09. The number of thioether (sulfide) groups is 1. The van der Waals surface area contributed by atoms with E-state index in [0.717, 1.165) is 5.56 Å². The Morgan fingerprint density at radius 3 is 2.38 bits per heavy atom. The van der Waals surface area contributed by atoms with Crippen LogP contribution in [0.2, 0.25) is 0 Å². The van der Waals surface area contributed by atoms with E-state index in [9.17, 15) is 19.7 Å². The number of nitrogens with zero attached hydrogens (tertiary/aromatic N) is 1. The van der Waals surface area contributed by atoms with Gasteiger partial charge in [-0.25, -0.2) is 0 Å². The minimum atomic E-state index is -0.632. The van der Waals surface area contributed by atoms with Gasteiger partial charge in [-0.3, -0.25) is 30.6 Å². The van der Waals surface area contributed by atoms with Gasteiger partial charge in [0.05, 0.1) is 9.82 Å². The summed E-state index contributed by atoms with van der Waals surface area (Å²) in [6, 6.07) is 11.1. The third kappa shape index (κ3) is 3.90. The van der Waals surface area contributed by atoms with E-state index in [4.69, 9.17) is 0 Å². The van der Waals surface area contributed by atoms with Gasteiger partial charge in [-0.2, -0.15) is 0 Å². The zero-order valence-corrected chi connectivity index (χ0v) is 13.8. The number of carbonyl (C=O) groups is 2. The molecule has 0 bridgehead atoms. The minimum Gasteiger partial charge on any atom is -0.267 e. The highest BCUT2D eigenvalue weighted by atomic mass is 32.2. The lowest BCUT2D eigenvalue weighted by Crippen LogP contribution is -2.41. The number of carbonyl (C=O) groups excluding carboxylic acids is 2. The second-order valence-corrected chi connectivity index (χ2v) is 5.71. The molecule has 0 radical (unpaired) electrons. The van der Waals surface area contributed by atoms with Crippen molar-refractivity contribution < 1.29 is 14.5 Å².